The number of piperidine rings is 1. The highest BCUT2D eigenvalue weighted by Gasteiger charge is 2.26. The molecule has 2 aromatic heterocycles. The summed E-state index contributed by atoms with van der Waals surface area (Å²) in [7, 11) is 0. The van der Waals surface area contributed by atoms with Crippen LogP contribution in [0.25, 0.3) is 0 Å². The zero-order valence-electron chi connectivity index (χ0n) is 13.6. The summed E-state index contributed by atoms with van der Waals surface area (Å²) in [5.41, 5.74) is 0.646. The molecule has 1 aliphatic rings. The topological polar surface area (TPSA) is 72.6 Å². The molecule has 1 saturated heterocycles. The van der Waals surface area contributed by atoms with E-state index in [4.69, 9.17) is 9.15 Å². The Bertz CT molecular complexity index is 757. The fourth-order valence-corrected chi connectivity index (χ4v) is 2.81. The Morgan fingerprint density at radius 2 is 2.29 bits per heavy atom. The lowest BCUT2D eigenvalue weighted by molar-refractivity contribution is -0.00873. The first-order valence-corrected chi connectivity index (χ1v) is 8.04. The van der Waals surface area contributed by atoms with Crippen LogP contribution in [0.15, 0.2) is 45.7 Å². The summed E-state index contributed by atoms with van der Waals surface area (Å²) >= 11 is 0. The molecule has 0 aromatic carbocycles. The molecule has 3 heterocycles. The van der Waals surface area contributed by atoms with Crippen LogP contribution < -0.4 is 5.43 Å². The summed E-state index contributed by atoms with van der Waals surface area (Å²) in [4.78, 5) is 30.0. The molecule has 0 bridgehead atoms. The van der Waals surface area contributed by atoms with Crippen molar-refractivity contribution < 1.29 is 13.9 Å². The quantitative estimate of drug-likeness (QED) is 0.860. The second-order valence-corrected chi connectivity index (χ2v) is 5.92. The number of rotatable bonds is 4. The molecule has 3 rings (SSSR count). The summed E-state index contributed by atoms with van der Waals surface area (Å²) in [6, 6.07) is 8.30. The fourth-order valence-electron chi connectivity index (χ4n) is 2.81. The van der Waals surface area contributed by atoms with E-state index < -0.39 is 0 Å². The first-order valence-electron chi connectivity index (χ1n) is 8.04. The van der Waals surface area contributed by atoms with Crippen molar-refractivity contribution in [1.82, 2.24) is 9.88 Å². The van der Waals surface area contributed by atoms with Crippen molar-refractivity contribution in [3.63, 3.8) is 0 Å². The van der Waals surface area contributed by atoms with E-state index >= 15 is 0 Å². The highest BCUT2D eigenvalue weighted by atomic mass is 16.5. The number of likely N-dealkylation sites (tertiary alicyclic amines) is 1. The van der Waals surface area contributed by atoms with Crippen molar-refractivity contribution in [2.45, 2.75) is 32.5 Å². The predicted octanol–water partition coefficient (Wildman–Crippen LogP) is 2.16. The minimum Gasteiger partial charge on any atom is -0.456 e. The van der Waals surface area contributed by atoms with Gasteiger partial charge in [-0.3, -0.25) is 14.6 Å². The number of pyridine rings is 1. The van der Waals surface area contributed by atoms with Gasteiger partial charge in [-0.05, 0) is 31.9 Å². The van der Waals surface area contributed by atoms with E-state index in [-0.39, 0.29) is 23.2 Å². The second-order valence-electron chi connectivity index (χ2n) is 5.92. The number of amides is 1. The van der Waals surface area contributed by atoms with Crippen molar-refractivity contribution in [1.29, 1.82) is 0 Å². The lowest BCUT2D eigenvalue weighted by Crippen LogP contribution is -2.43. The van der Waals surface area contributed by atoms with E-state index in [0.29, 0.717) is 25.5 Å². The lowest BCUT2D eigenvalue weighted by atomic mass is 10.1. The van der Waals surface area contributed by atoms with E-state index in [1.807, 2.05) is 18.2 Å². The van der Waals surface area contributed by atoms with Crippen LogP contribution in [-0.4, -0.2) is 35.0 Å². The molecule has 1 fully saturated rings. The Labute approximate surface area is 140 Å². The molecule has 0 N–H and O–H groups in total. The van der Waals surface area contributed by atoms with Gasteiger partial charge in [-0.25, -0.2) is 0 Å². The number of hydrogen-bond donors (Lipinski definition) is 0. The normalized spacial score (nSPS) is 17.7. The summed E-state index contributed by atoms with van der Waals surface area (Å²) in [5.74, 6) is 0.262. The molecule has 0 saturated carbocycles. The molecule has 126 valence electrons. The molecule has 6 nitrogen and oxygen atoms in total. The zero-order valence-corrected chi connectivity index (χ0v) is 13.6. The van der Waals surface area contributed by atoms with Gasteiger partial charge in [0, 0.05) is 31.4 Å². The fraction of sp³-hybridized carbons (Fsp3) is 0.389. The first-order chi connectivity index (χ1) is 11.6. The van der Waals surface area contributed by atoms with Crippen LogP contribution >= 0.6 is 0 Å². The van der Waals surface area contributed by atoms with Crippen molar-refractivity contribution in [2.75, 3.05) is 13.1 Å². The summed E-state index contributed by atoms with van der Waals surface area (Å²) in [6.07, 6.45) is 3.44. The molecule has 0 aliphatic carbocycles. The van der Waals surface area contributed by atoms with Gasteiger partial charge >= 0.3 is 0 Å². The van der Waals surface area contributed by atoms with Gasteiger partial charge in [-0.2, -0.15) is 0 Å². The summed E-state index contributed by atoms with van der Waals surface area (Å²) < 4.78 is 11.3. The molecular formula is C18H20N2O4. The van der Waals surface area contributed by atoms with Gasteiger partial charge in [0.1, 0.15) is 5.76 Å². The SMILES string of the molecule is Cc1cc(=O)cc(C(=O)N2CCC[C@H](OCc3ccccn3)C2)o1. The molecule has 0 radical (unpaired) electrons. The molecule has 1 amide bonds. The van der Waals surface area contributed by atoms with Crippen LogP contribution in [0.5, 0.6) is 0 Å². The van der Waals surface area contributed by atoms with E-state index in [2.05, 4.69) is 4.98 Å². The first kappa shape index (κ1) is 16.4. The molecular weight excluding hydrogens is 308 g/mol. The number of hydrogen-bond acceptors (Lipinski definition) is 5. The van der Waals surface area contributed by atoms with Crippen molar-refractivity contribution >= 4 is 5.91 Å². The Balaban J connectivity index is 1.62. The maximum atomic E-state index is 12.5. The molecule has 0 spiro atoms. The Kier molecular flexibility index (Phi) is 5.05. The van der Waals surface area contributed by atoms with Crippen LogP contribution in [0, 0.1) is 6.92 Å². The summed E-state index contributed by atoms with van der Waals surface area (Å²) in [5, 5.41) is 0. The number of carbonyl (C=O) groups excluding carboxylic acids is 1. The van der Waals surface area contributed by atoms with Crippen molar-refractivity contribution in [3.8, 4) is 0 Å². The highest BCUT2D eigenvalue weighted by Crippen LogP contribution is 2.17. The molecule has 24 heavy (non-hydrogen) atoms. The maximum absolute atomic E-state index is 12.5. The minimum absolute atomic E-state index is 0.0405. The van der Waals surface area contributed by atoms with Gasteiger partial charge in [-0.1, -0.05) is 6.07 Å². The van der Waals surface area contributed by atoms with E-state index in [1.54, 1.807) is 18.0 Å². The highest BCUT2D eigenvalue weighted by molar-refractivity contribution is 5.91. The number of aryl methyl sites for hydroxylation is 1. The molecule has 1 atom stereocenters. The summed E-state index contributed by atoms with van der Waals surface area (Å²) in [6.45, 7) is 3.21. The number of aromatic nitrogens is 1. The number of carbonyl (C=O) groups is 1. The van der Waals surface area contributed by atoms with E-state index in [0.717, 1.165) is 18.5 Å². The van der Waals surface area contributed by atoms with Crippen LogP contribution in [0.3, 0.4) is 0 Å². The van der Waals surface area contributed by atoms with Crippen molar-refractivity contribution in [2.24, 2.45) is 0 Å². The van der Waals surface area contributed by atoms with Gasteiger partial charge in [0.05, 0.1) is 18.4 Å². The minimum atomic E-state index is -0.262. The standard InChI is InChI=1S/C18H20N2O4/c1-13-9-15(21)10-17(24-13)18(22)20-8-4-6-16(11-20)23-12-14-5-2-3-7-19-14/h2-3,5,7,9-10,16H,4,6,8,11-12H2,1H3/t16-/m0/s1. The molecule has 6 heteroatoms. The monoisotopic (exact) mass is 328 g/mol. The second kappa shape index (κ2) is 7.40. The van der Waals surface area contributed by atoms with Gasteiger partial charge < -0.3 is 14.1 Å². The van der Waals surface area contributed by atoms with E-state index in [1.165, 1.54) is 12.1 Å². The van der Waals surface area contributed by atoms with E-state index in [9.17, 15) is 9.59 Å². The Morgan fingerprint density at radius 1 is 1.42 bits per heavy atom. The Morgan fingerprint density at radius 3 is 3.04 bits per heavy atom. The third kappa shape index (κ3) is 4.08. The predicted molar refractivity (Wildman–Crippen MR) is 87.7 cm³/mol. The number of ether oxygens (including phenoxy) is 1. The van der Waals surface area contributed by atoms with Crippen LogP contribution in [-0.2, 0) is 11.3 Å². The van der Waals surface area contributed by atoms with Crippen LogP contribution in [0.1, 0.15) is 34.9 Å². The van der Waals surface area contributed by atoms with Crippen LogP contribution in [0.4, 0.5) is 0 Å². The van der Waals surface area contributed by atoms with Crippen LogP contribution in [0.2, 0.25) is 0 Å². The van der Waals surface area contributed by atoms with Gasteiger partial charge in [-0.15, -0.1) is 0 Å². The third-order valence-electron chi connectivity index (χ3n) is 3.96. The largest absolute Gasteiger partial charge is 0.456 e. The third-order valence-corrected chi connectivity index (χ3v) is 3.96. The van der Waals surface area contributed by atoms with Crippen molar-refractivity contribution in [3.05, 3.63) is 64.0 Å². The molecule has 1 aliphatic heterocycles. The zero-order chi connectivity index (χ0) is 16.9. The average Bonchev–Trinajstić information content (AvgIpc) is 2.59. The number of nitrogens with zero attached hydrogens (tertiary/aromatic N) is 2. The van der Waals surface area contributed by atoms with Gasteiger partial charge in [0.15, 0.2) is 11.2 Å². The molecule has 0 unspecified atom stereocenters. The Hall–Kier alpha value is -2.47. The average molecular weight is 328 g/mol. The molecule has 2 aromatic rings. The maximum Gasteiger partial charge on any atom is 0.289 e. The lowest BCUT2D eigenvalue weighted by Gasteiger charge is -2.32. The van der Waals surface area contributed by atoms with Gasteiger partial charge in [0.25, 0.3) is 5.91 Å². The smallest absolute Gasteiger partial charge is 0.289 e. The van der Waals surface area contributed by atoms with Gasteiger partial charge in [0.2, 0.25) is 0 Å².